The van der Waals surface area contributed by atoms with E-state index in [1.54, 1.807) is 24.5 Å². The van der Waals surface area contributed by atoms with Crippen molar-refractivity contribution in [1.82, 2.24) is 4.98 Å². The van der Waals surface area contributed by atoms with Gasteiger partial charge in [0.25, 0.3) is 0 Å². The van der Waals surface area contributed by atoms with Gasteiger partial charge in [0.2, 0.25) is 5.13 Å². The molecule has 0 aliphatic heterocycles. The van der Waals surface area contributed by atoms with Crippen LogP contribution in [0.15, 0.2) is 33.3 Å². The molecule has 1 aromatic carbocycles. The van der Waals surface area contributed by atoms with Crippen molar-refractivity contribution in [3.05, 3.63) is 33.7 Å². The highest BCUT2D eigenvalue weighted by molar-refractivity contribution is 9.10. The van der Waals surface area contributed by atoms with Gasteiger partial charge >= 0.3 is 0 Å². The molecule has 0 radical (unpaired) electrons. The van der Waals surface area contributed by atoms with Crippen LogP contribution in [0.2, 0.25) is 0 Å². The third kappa shape index (κ3) is 2.99. The lowest BCUT2D eigenvalue weighted by Crippen LogP contribution is -1.92. The number of hydrogen-bond acceptors (Lipinski definition) is 6. The number of aromatic hydroxyl groups is 1. The Balaban J connectivity index is 2.14. The number of nitrogens with zero attached hydrogens (tertiary/aromatic N) is 2. The molecule has 0 aliphatic rings. The number of nitrogens with one attached hydrogen (secondary N) is 1. The third-order valence-corrected chi connectivity index (χ3v) is 3.36. The van der Waals surface area contributed by atoms with Crippen LogP contribution in [0, 0.1) is 0 Å². The second-order valence-corrected chi connectivity index (χ2v) is 5.01. The van der Waals surface area contributed by atoms with E-state index in [1.807, 2.05) is 5.38 Å². The van der Waals surface area contributed by atoms with E-state index in [1.165, 1.54) is 18.4 Å². The van der Waals surface area contributed by atoms with Crippen molar-refractivity contribution >= 4 is 38.6 Å². The maximum absolute atomic E-state index is 9.66. The van der Waals surface area contributed by atoms with E-state index >= 15 is 0 Å². The topological polar surface area (TPSA) is 66.7 Å². The zero-order valence-electron chi connectivity index (χ0n) is 9.42. The van der Waals surface area contributed by atoms with Crippen LogP contribution >= 0.6 is 27.3 Å². The summed E-state index contributed by atoms with van der Waals surface area (Å²) in [4.78, 5) is 4.03. The molecule has 0 amide bonds. The van der Waals surface area contributed by atoms with Gasteiger partial charge in [-0.2, -0.15) is 5.10 Å². The molecule has 0 fully saturated rings. The summed E-state index contributed by atoms with van der Waals surface area (Å²) in [5.41, 5.74) is 3.60. The summed E-state index contributed by atoms with van der Waals surface area (Å²) in [7, 11) is 1.50. The average Bonchev–Trinajstić information content (AvgIpc) is 2.86. The van der Waals surface area contributed by atoms with Crippen LogP contribution in [0.3, 0.4) is 0 Å². The number of rotatable bonds is 4. The first-order valence-electron chi connectivity index (χ1n) is 4.96. The molecule has 0 atom stereocenters. The number of anilines is 1. The number of thiazole rings is 1. The Labute approximate surface area is 116 Å². The number of hydrogen-bond donors (Lipinski definition) is 2. The SMILES string of the molecule is COc1cc(/C=N/Nc2nccs2)cc(Br)c1O. The summed E-state index contributed by atoms with van der Waals surface area (Å²) in [5.74, 6) is 0.461. The second kappa shape index (κ2) is 5.83. The maximum atomic E-state index is 9.66. The Kier molecular flexibility index (Phi) is 4.16. The summed E-state index contributed by atoms with van der Waals surface area (Å²) in [5, 5.41) is 16.3. The molecule has 0 saturated carbocycles. The van der Waals surface area contributed by atoms with E-state index in [-0.39, 0.29) is 5.75 Å². The van der Waals surface area contributed by atoms with Gasteiger partial charge in [0, 0.05) is 11.6 Å². The van der Waals surface area contributed by atoms with Crippen molar-refractivity contribution in [2.24, 2.45) is 5.10 Å². The fourth-order valence-electron chi connectivity index (χ4n) is 1.26. The van der Waals surface area contributed by atoms with E-state index < -0.39 is 0 Å². The number of benzene rings is 1. The molecule has 18 heavy (non-hydrogen) atoms. The Morgan fingerprint density at radius 1 is 1.56 bits per heavy atom. The second-order valence-electron chi connectivity index (χ2n) is 3.26. The van der Waals surface area contributed by atoms with Gasteiger partial charge in [0.1, 0.15) is 0 Å². The van der Waals surface area contributed by atoms with Crippen LogP contribution in [0.25, 0.3) is 0 Å². The summed E-state index contributed by atoms with van der Waals surface area (Å²) in [6, 6.07) is 3.43. The molecule has 0 aliphatic carbocycles. The van der Waals surface area contributed by atoms with Crippen LogP contribution in [0.1, 0.15) is 5.56 Å². The Bertz CT molecular complexity index is 558. The van der Waals surface area contributed by atoms with Gasteiger partial charge < -0.3 is 9.84 Å². The molecule has 0 bridgehead atoms. The fraction of sp³-hybridized carbons (Fsp3) is 0.0909. The molecule has 2 N–H and O–H groups in total. The molecule has 94 valence electrons. The van der Waals surface area contributed by atoms with Crippen molar-refractivity contribution in [1.29, 1.82) is 0 Å². The lowest BCUT2D eigenvalue weighted by atomic mass is 10.2. The minimum absolute atomic E-state index is 0.0718. The predicted molar refractivity (Wildman–Crippen MR) is 75.7 cm³/mol. The molecule has 7 heteroatoms. The number of phenolic OH excluding ortho intramolecular Hbond substituents is 1. The third-order valence-electron chi connectivity index (χ3n) is 2.08. The standard InChI is InChI=1S/C11H10BrN3O2S/c1-17-9-5-7(4-8(12)10(9)16)6-14-15-11-13-2-3-18-11/h2-6,16H,1H3,(H,13,15)/b14-6+. The largest absolute Gasteiger partial charge is 0.503 e. The number of phenols is 1. The van der Waals surface area contributed by atoms with Crippen LogP contribution in [-0.2, 0) is 0 Å². The van der Waals surface area contributed by atoms with Crippen molar-refractivity contribution in [2.45, 2.75) is 0 Å². The highest BCUT2D eigenvalue weighted by atomic mass is 79.9. The average molecular weight is 328 g/mol. The van der Waals surface area contributed by atoms with Crippen molar-refractivity contribution in [3.63, 3.8) is 0 Å². The zero-order valence-corrected chi connectivity index (χ0v) is 11.8. The van der Waals surface area contributed by atoms with Crippen molar-refractivity contribution in [3.8, 4) is 11.5 Å². The molecule has 1 aromatic heterocycles. The lowest BCUT2D eigenvalue weighted by Gasteiger charge is -2.06. The van der Waals surface area contributed by atoms with Crippen molar-refractivity contribution < 1.29 is 9.84 Å². The molecule has 1 heterocycles. The van der Waals surface area contributed by atoms with Gasteiger partial charge in [-0.1, -0.05) is 0 Å². The Morgan fingerprint density at radius 2 is 2.39 bits per heavy atom. The number of ether oxygens (including phenoxy) is 1. The van der Waals surface area contributed by atoms with Gasteiger partial charge in [0.15, 0.2) is 11.5 Å². The molecule has 0 unspecified atom stereocenters. The van der Waals surface area contributed by atoms with E-state index in [9.17, 15) is 5.11 Å². The van der Waals surface area contributed by atoms with Crippen molar-refractivity contribution in [2.75, 3.05) is 12.5 Å². The molecule has 5 nitrogen and oxygen atoms in total. The molecule has 2 rings (SSSR count). The molecular weight excluding hydrogens is 318 g/mol. The summed E-state index contributed by atoms with van der Waals surface area (Å²) in [6.45, 7) is 0. The molecule has 2 aromatic rings. The van der Waals surface area contributed by atoms with E-state index in [0.29, 0.717) is 10.2 Å². The Morgan fingerprint density at radius 3 is 3.06 bits per heavy atom. The number of aromatic nitrogens is 1. The van der Waals surface area contributed by atoms with Crippen LogP contribution in [0.4, 0.5) is 5.13 Å². The first-order chi connectivity index (χ1) is 8.70. The smallest absolute Gasteiger partial charge is 0.203 e. The Hall–Kier alpha value is -1.60. The number of halogens is 1. The van der Waals surface area contributed by atoms with Gasteiger partial charge in [-0.3, -0.25) is 5.43 Å². The van der Waals surface area contributed by atoms with Gasteiger partial charge in [0.05, 0.1) is 17.8 Å². The highest BCUT2D eigenvalue weighted by Gasteiger charge is 2.07. The highest BCUT2D eigenvalue weighted by Crippen LogP contribution is 2.34. The molecule has 0 saturated heterocycles. The molecule has 0 spiro atoms. The molecular formula is C11H10BrN3O2S. The number of hydrazone groups is 1. The van der Waals surface area contributed by atoms with Crippen LogP contribution in [-0.4, -0.2) is 23.4 Å². The van der Waals surface area contributed by atoms with Gasteiger partial charge in [-0.05, 0) is 33.6 Å². The fourth-order valence-corrected chi connectivity index (χ4v) is 2.20. The van der Waals surface area contributed by atoms with Gasteiger partial charge in [-0.15, -0.1) is 11.3 Å². The maximum Gasteiger partial charge on any atom is 0.203 e. The quantitative estimate of drug-likeness (QED) is 0.669. The zero-order chi connectivity index (χ0) is 13.0. The number of methoxy groups -OCH3 is 1. The van der Waals surface area contributed by atoms with Crippen LogP contribution in [0.5, 0.6) is 11.5 Å². The minimum atomic E-state index is 0.0718. The van der Waals surface area contributed by atoms with E-state index in [4.69, 9.17) is 4.74 Å². The van der Waals surface area contributed by atoms with E-state index in [2.05, 4.69) is 31.4 Å². The summed E-state index contributed by atoms with van der Waals surface area (Å²) >= 11 is 4.71. The first kappa shape index (κ1) is 12.8. The first-order valence-corrected chi connectivity index (χ1v) is 6.63. The van der Waals surface area contributed by atoms with Crippen LogP contribution < -0.4 is 10.2 Å². The summed E-state index contributed by atoms with van der Waals surface area (Å²) in [6.07, 6.45) is 3.32. The lowest BCUT2D eigenvalue weighted by molar-refractivity contribution is 0.372. The summed E-state index contributed by atoms with van der Waals surface area (Å²) < 4.78 is 5.60. The van der Waals surface area contributed by atoms with E-state index in [0.717, 1.165) is 10.7 Å². The predicted octanol–water partition coefficient (Wildman–Crippen LogP) is 3.07. The minimum Gasteiger partial charge on any atom is -0.503 e. The normalized spacial score (nSPS) is 10.8. The van der Waals surface area contributed by atoms with Gasteiger partial charge in [-0.25, -0.2) is 4.98 Å². The monoisotopic (exact) mass is 327 g/mol.